The first-order valence-electron chi connectivity index (χ1n) is 6.73. The van der Waals surface area contributed by atoms with E-state index in [0.717, 1.165) is 12.8 Å². The van der Waals surface area contributed by atoms with Crippen molar-refractivity contribution in [2.75, 3.05) is 19.8 Å². The molecule has 6 heteroatoms. The molecule has 1 rings (SSSR count). The molecule has 6 nitrogen and oxygen atoms in total. The highest BCUT2D eigenvalue weighted by Gasteiger charge is 2.40. The van der Waals surface area contributed by atoms with E-state index in [0.29, 0.717) is 19.8 Å². The lowest BCUT2D eigenvalue weighted by Gasteiger charge is -2.29. The molecular weight excluding hydrogens is 250 g/mol. The van der Waals surface area contributed by atoms with Crippen LogP contribution in [0.4, 0.5) is 0 Å². The second kappa shape index (κ2) is 7.45. The lowest BCUT2D eigenvalue weighted by Crippen LogP contribution is -2.49. The zero-order valence-corrected chi connectivity index (χ0v) is 11.8. The summed E-state index contributed by atoms with van der Waals surface area (Å²) in [6, 6.07) is -0.755. The molecule has 1 aliphatic rings. The van der Waals surface area contributed by atoms with Gasteiger partial charge in [0.1, 0.15) is 12.1 Å². The summed E-state index contributed by atoms with van der Waals surface area (Å²) in [6.07, 6.45) is 1.10. The maximum atomic E-state index is 12.2. The van der Waals surface area contributed by atoms with Crippen LogP contribution in [0.3, 0.4) is 0 Å². The Morgan fingerprint density at radius 1 is 1.32 bits per heavy atom. The van der Waals surface area contributed by atoms with Crippen LogP contribution in [0.5, 0.6) is 0 Å². The second-order valence-corrected chi connectivity index (χ2v) is 4.70. The Morgan fingerprint density at radius 3 is 2.42 bits per heavy atom. The number of amides is 1. The summed E-state index contributed by atoms with van der Waals surface area (Å²) >= 11 is 0. The zero-order chi connectivity index (χ0) is 14.4. The predicted molar refractivity (Wildman–Crippen MR) is 68.9 cm³/mol. The molecule has 2 unspecified atom stereocenters. The van der Waals surface area contributed by atoms with Crippen molar-refractivity contribution in [1.82, 2.24) is 4.90 Å². The van der Waals surface area contributed by atoms with Crippen LogP contribution in [-0.4, -0.2) is 59.9 Å². The van der Waals surface area contributed by atoms with Crippen molar-refractivity contribution in [3.8, 4) is 0 Å². The molecule has 0 spiro atoms. The number of rotatable bonds is 9. The Balaban J connectivity index is 2.49. The molecule has 0 aromatic rings. The van der Waals surface area contributed by atoms with Crippen LogP contribution in [0.2, 0.25) is 0 Å². The summed E-state index contributed by atoms with van der Waals surface area (Å²) in [5.74, 6) is -1.24. The van der Waals surface area contributed by atoms with E-state index in [9.17, 15) is 9.59 Å². The topological polar surface area (TPSA) is 76.1 Å². The Bertz CT molecular complexity index is 316. The van der Waals surface area contributed by atoms with E-state index in [4.69, 9.17) is 14.6 Å². The van der Waals surface area contributed by atoms with Gasteiger partial charge in [-0.2, -0.15) is 0 Å². The molecule has 110 valence electrons. The van der Waals surface area contributed by atoms with Gasteiger partial charge < -0.3 is 19.5 Å². The van der Waals surface area contributed by atoms with Gasteiger partial charge in [0, 0.05) is 12.6 Å². The minimum atomic E-state index is -0.984. The van der Waals surface area contributed by atoms with Crippen LogP contribution in [0, 0.1) is 0 Å². The number of carboxylic acid groups (broad SMARTS) is 1. The van der Waals surface area contributed by atoms with E-state index >= 15 is 0 Å². The molecule has 0 heterocycles. The van der Waals surface area contributed by atoms with E-state index in [1.807, 2.05) is 6.92 Å². The number of hydrogen-bond acceptors (Lipinski definition) is 4. The number of nitrogens with zero attached hydrogens (tertiary/aromatic N) is 1. The molecule has 0 saturated heterocycles. The van der Waals surface area contributed by atoms with Crippen LogP contribution in [0.25, 0.3) is 0 Å². The third kappa shape index (κ3) is 4.80. The average Bonchev–Trinajstić information content (AvgIpc) is 3.18. The number of ether oxygens (including phenoxy) is 2. The third-order valence-electron chi connectivity index (χ3n) is 3.12. The van der Waals surface area contributed by atoms with Crippen molar-refractivity contribution >= 4 is 11.9 Å². The number of hydrogen-bond donors (Lipinski definition) is 1. The summed E-state index contributed by atoms with van der Waals surface area (Å²) in [6.45, 7) is 6.45. The van der Waals surface area contributed by atoms with E-state index < -0.39 is 18.1 Å². The number of carboxylic acids is 1. The summed E-state index contributed by atoms with van der Waals surface area (Å²) in [5, 5.41) is 9.05. The van der Waals surface area contributed by atoms with Gasteiger partial charge >= 0.3 is 5.97 Å². The summed E-state index contributed by atoms with van der Waals surface area (Å²) in [7, 11) is 0. The van der Waals surface area contributed by atoms with Crippen LogP contribution in [0.15, 0.2) is 0 Å². The Kier molecular flexibility index (Phi) is 6.24. The molecule has 1 fully saturated rings. The van der Waals surface area contributed by atoms with Crippen molar-refractivity contribution in [1.29, 1.82) is 0 Å². The highest BCUT2D eigenvalue weighted by atomic mass is 16.5. The molecule has 0 aromatic carbocycles. The summed E-state index contributed by atoms with van der Waals surface area (Å²) < 4.78 is 10.5. The Morgan fingerprint density at radius 2 is 1.95 bits per heavy atom. The smallest absolute Gasteiger partial charge is 0.326 e. The quantitative estimate of drug-likeness (QED) is 0.631. The molecule has 1 amide bonds. The van der Waals surface area contributed by atoms with Crippen molar-refractivity contribution in [3.63, 3.8) is 0 Å². The number of carbonyl (C=O) groups is 2. The van der Waals surface area contributed by atoms with Crippen LogP contribution < -0.4 is 0 Å². The van der Waals surface area contributed by atoms with E-state index in [-0.39, 0.29) is 11.9 Å². The standard InChI is InChI=1S/C13H23NO5/c1-4-18-7-8-19-10(3)12(15)14(11-5-6-11)9(2)13(16)17/h9-11H,4-8H2,1-3H3,(H,16,17). The van der Waals surface area contributed by atoms with Gasteiger partial charge in [0.2, 0.25) is 0 Å². The maximum Gasteiger partial charge on any atom is 0.326 e. The van der Waals surface area contributed by atoms with Crippen molar-refractivity contribution in [2.24, 2.45) is 0 Å². The average molecular weight is 273 g/mol. The van der Waals surface area contributed by atoms with Gasteiger partial charge in [0.15, 0.2) is 0 Å². The SMILES string of the molecule is CCOCCOC(C)C(=O)N(C1CC1)C(C)C(=O)O. The minimum Gasteiger partial charge on any atom is -0.480 e. The fourth-order valence-corrected chi connectivity index (χ4v) is 1.87. The Labute approximate surface area is 113 Å². The van der Waals surface area contributed by atoms with Gasteiger partial charge in [0.25, 0.3) is 5.91 Å². The maximum absolute atomic E-state index is 12.2. The largest absolute Gasteiger partial charge is 0.480 e. The van der Waals surface area contributed by atoms with Gasteiger partial charge in [-0.15, -0.1) is 0 Å². The van der Waals surface area contributed by atoms with Gasteiger partial charge in [-0.1, -0.05) is 0 Å². The molecule has 2 atom stereocenters. The van der Waals surface area contributed by atoms with E-state index in [2.05, 4.69) is 0 Å². The minimum absolute atomic E-state index is 0.0524. The Hall–Kier alpha value is -1.14. The highest BCUT2D eigenvalue weighted by molar-refractivity contribution is 5.86. The summed E-state index contributed by atoms with van der Waals surface area (Å²) in [5.41, 5.74) is 0. The first-order valence-corrected chi connectivity index (χ1v) is 6.73. The van der Waals surface area contributed by atoms with Crippen LogP contribution >= 0.6 is 0 Å². The second-order valence-electron chi connectivity index (χ2n) is 4.70. The predicted octanol–water partition coefficient (Wildman–Crippen LogP) is 0.892. The van der Waals surface area contributed by atoms with Gasteiger partial charge in [-0.3, -0.25) is 4.79 Å². The molecule has 1 N–H and O–H groups in total. The molecule has 1 aliphatic carbocycles. The van der Waals surface area contributed by atoms with Gasteiger partial charge in [0.05, 0.1) is 13.2 Å². The van der Waals surface area contributed by atoms with Gasteiger partial charge in [-0.05, 0) is 33.6 Å². The molecule has 19 heavy (non-hydrogen) atoms. The normalized spacial score (nSPS) is 17.8. The molecular formula is C13H23NO5. The lowest BCUT2D eigenvalue weighted by atomic mass is 10.2. The third-order valence-corrected chi connectivity index (χ3v) is 3.12. The molecule has 0 bridgehead atoms. The van der Waals surface area contributed by atoms with Gasteiger partial charge in [-0.25, -0.2) is 4.79 Å². The van der Waals surface area contributed by atoms with Crippen LogP contribution in [-0.2, 0) is 19.1 Å². The highest BCUT2D eigenvalue weighted by Crippen LogP contribution is 2.29. The molecule has 0 aromatic heterocycles. The molecule has 1 saturated carbocycles. The van der Waals surface area contributed by atoms with Crippen molar-refractivity contribution < 1.29 is 24.2 Å². The first-order chi connectivity index (χ1) is 8.99. The van der Waals surface area contributed by atoms with E-state index in [1.165, 1.54) is 11.8 Å². The molecule has 0 aliphatic heterocycles. The van der Waals surface area contributed by atoms with Crippen molar-refractivity contribution in [3.05, 3.63) is 0 Å². The fraction of sp³-hybridized carbons (Fsp3) is 0.846. The zero-order valence-electron chi connectivity index (χ0n) is 11.8. The van der Waals surface area contributed by atoms with Crippen LogP contribution in [0.1, 0.15) is 33.6 Å². The lowest BCUT2D eigenvalue weighted by molar-refractivity contribution is -0.156. The molecule has 0 radical (unpaired) electrons. The summed E-state index contributed by atoms with van der Waals surface area (Å²) in [4.78, 5) is 24.7. The fourth-order valence-electron chi connectivity index (χ4n) is 1.87. The first kappa shape index (κ1) is 15.9. The number of aliphatic carboxylic acids is 1. The van der Waals surface area contributed by atoms with Crippen molar-refractivity contribution in [2.45, 2.75) is 51.8 Å². The monoisotopic (exact) mass is 273 g/mol. The number of carbonyl (C=O) groups excluding carboxylic acids is 1. The van der Waals surface area contributed by atoms with E-state index in [1.54, 1.807) is 6.92 Å².